The largest absolute Gasteiger partial charge is 0.342 e. The highest BCUT2D eigenvalue weighted by atomic mass is 16.1. The normalized spacial score (nSPS) is 10.2. The summed E-state index contributed by atoms with van der Waals surface area (Å²) in [6.07, 6.45) is 2.99. The molecule has 66 valence electrons. The fourth-order valence-corrected chi connectivity index (χ4v) is 1.44. The second-order valence-corrected chi connectivity index (χ2v) is 2.87. The van der Waals surface area contributed by atoms with Gasteiger partial charge in [0.25, 0.3) is 0 Å². The van der Waals surface area contributed by atoms with Crippen molar-refractivity contribution in [2.75, 3.05) is 0 Å². The van der Waals surface area contributed by atoms with E-state index in [1.165, 1.54) is 5.69 Å². The van der Waals surface area contributed by atoms with Crippen LogP contribution in [-0.4, -0.2) is 10.9 Å². The third kappa shape index (κ3) is 1.58. The lowest BCUT2D eigenvalue weighted by Gasteiger charge is -2.07. The Kier molecular flexibility index (Phi) is 3.09. The number of aldehydes is 1. The molecule has 0 aliphatic heterocycles. The van der Waals surface area contributed by atoms with E-state index in [0.717, 1.165) is 31.4 Å². The van der Waals surface area contributed by atoms with E-state index < -0.39 is 0 Å². The first kappa shape index (κ1) is 9.04. The van der Waals surface area contributed by atoms with Gasteiger partial charge in [0.1, 0.15) is 0 Å². The van der Waals surface area contributed by atoms with Crippen molar-refractivity contribution < 1.29 is 4.79 Å². The summed E-state index contributed by atoms with van der Waals surface area (Å²) in [5.74, 6) is 0. The van der Waals surface area contributed by atoms with Gasteiger partial charge < -0.3 is 4.57 Å². The van der Waals surface area contributed by atoms with Gasteiger partial charge in [-0.25, -0.2) is 0 Å². The predicted molar refractivity (Wildman–Crippen MR) is 49.5 cm³/mol. The van der Waals surface area contributed by atoms with Crippen LogP contribution in [0, 0.1) is 0 Å². The zero-order valence-corrected chi connectivity index (χ0v) is 7.71. The van der Waals surface area contributed by atoms with Gasteiger partial charge in [-0.05, 0) is 25.0 Å². The summed E-state index contributed by atoms with van der Waals surface area (Å²) in [7, 11) is 0. The average Bonchev–Trinajstić information content (AvgIpc) is 2.48. The Morgan fingerprint density at radius 3 is 2.67 bits per heavy atom. The summed E-state index contributed by atoms with van der Waals surface area (Å²) in [6.45, 7) is 5.17. The van der Waals surface area contributed by atoms with Crippen LogP contribution in [0.25, 0.3) is 0 Å². The van der Waals surface area contributed by atoms with Gasteiger partial charge in [0.15, 0.2) is 6.29 Å². The number of aromatic nitrogens is 1. The van der Waals surface area contributed by atoms with Crippen LogP contribution < -0.4 is 0 Å². The first-order valence-corrected chi connectivity index (χ1v) is 4.47. The molecule has 0 aliphatic carbocycles. The Morgan fingerprint density at radius 2 is 2.17 bits per heavy atom. The Morgan fingerprint density at radius 1 is 1.42 bits per heavy atom. The minimum atomic E-state index is 0.800. The van der Waals surface area contributed by atoms with Crippen molar-refractivity contribution in [2.45, 2.75) is 33.2 Å². The van der Waals surface area contributed by atoms with Crippen LogP contribution in [0.15, 0.2) is 12.1 Å². The molecule has 0 fully saturated rings. The van der Waals surface area contributed by atoms with Gasteiger partial charge in [0.05, 0.1) is 5.69 Å². The molecule has 0 atom stereocenters. The average molecular weight is 165 g/mol. The number of aryl methyl sites for hydroxylation is 1. The number of hydrogen-bond donors (Lipinski definition) is 0. The van der Waals surface area contributed by atoms with Gasteiger partial charge in [-0.1, -0.05) is 13.8 Å². The van der Waals surface area contributed by atoms with Crippen LogP contribution in [0.1, 0.15) is 36.5 Å². The van der Waals surface area contributed by atoms with E-state index in [0.29, 0.717) is 0 Å². The standard InChI is InChI=1S/C10H15NO/c1-3-7-11-9(4-2)5-6-10(11)8-12/h5-6,8H,3-4,7H2,1-2H3. The van der Waals surface area contributed by atoms with E-state index in [4.69, 9.17) is 0 Å². The first-order valence-electron chi connectivity index (χ1n) is 4.47. The molecule has 12 heavy (non-hydrogen) atoms. The Labute approximate surface area is 73.2 Å². The van der Waals surface area contributed by atoms with Crippen LogP contribution in [-0.2, 0) is 13.0 Å². The zero-order chi connectivity index (χ0) is 8.97. The zero-order valence-electron chi connectivity index (χ0n) is 7.71. The quantitative estimate of drug-likeness (QED) is 0.627. The van der Waals surface area contributed by atoms with Gasteiger partial charge in [-0.3, -0.25) is 4.79 Å². The van der Waals surface area contributed by atoms with Gasteiger partial charge in [-0.15, -0.1) is 0 Å². The minimum absolute atomic E-state index is 0.800. The highest BCUT2D eigenvalue weighted by Gasteiger charge is 2.03. The summed E-state index contributed by atoms with van der Waals surface area (Å²) < 4.78 is 2.09. The lowest BCUT2D eigenvalue weighted by molar-refractivity contribution is 0.111. The van der Waals surface area contributed by atoms with Gasteiger partial charge in [0.2, 0.25) is 0 Å². The number of carbonyl (C=O) groups is 1. The van der Waals surface area contributed by atoms with Gasteiger partial charge >= 0.3 is 0 Å². The van der Waals surface area contributed by atoms with Crippen LogP contribution in [0.5, 0.6) is 0 Å². The van der Waals surface area contributed by atoms with Crippen molar-refractivity contribution in [3.63, 3.8) is 0 Å². The number of rotatable bonds is 4. The van der Waals surface area contributed by atoms with Crippen LogP contribution in [0.2, 0.25) is 0 Å². The molecule has 0 aromatic carbocycles. The Hall–Kier alpha value is -1.05. The third-order valence-corrected chi connectivity index (χ3v) is 2.04. The Balaban J connectivity index is 2.98. The smallest absolute Gasteiger partial charge is 0.166 e. The molecule has 0 radical (unpaired) electrons. The molecule has 1 rings (SSSR count). The number of nitrogens with zero attached hydrogens (tertiary/aromatic N) is 1. The first-order chi connectivity index (χ1) is 5.83. The fourth-order valence-electron chi connectivity index (χ4n) is 1.44. The van der Waals surface area contributed by atoms with Crippen LogP contribution in [0.3, 0.4) is 0 Å². The predicted octanol–water partition coefficient (Wildman–Crippen LogP) is 2.27. The lowest BCUT2D eigenvalue weighted by atomic mass is 10.3. The van der Waals surface area contributed by atoms with Crippen LogP contribution in [0.4, 0.5) is 0 Å². The monoisotopic (exact) mass is 165 g/mol. The lowest BCUT2D eigenvalue weighted by Crippen LogP contribution is -2.05. The molecule has 0 amide bonds. The molecule has 0 N–H and O–H groups in total. The number of hydrogen-bond acceptors (Lipinski definition) is 1. The highest BCUT2D eigenvalue weighted by Crippen LogP contribution is 2.08. The number of carbonyl (C=O) groups excluding carboxylic acids is 1. The SMILES string of the molecule is CCCn1c(C=O)ccc1CC. The molecule has 0 bridgehead atoms. The van der Waals surface area contributed by atoms with E-state index in [2.05, 4.69) is 18.4 Å². The molecular weight excluding hydrogens is 150 g/mol. The maximum Gasteiger partial charge on any atom is 0.166 e. The molecule has 1 heterocycles. The molecule has 1 aromatic rings. The van der Waals surface area contributed by atoms with E-state index in [9.17, 15) is 4.79 Å². The molecule has 2 heteroatoms. The summed E-state index contributed by atoms with van der Waals surface area (Å²) in [5.41, 5.74) is 2.05. The minimum Gasteiger partial charge on any atom is -0.342 e. The van der Waals surface area contributed by atoms with Crippen molar-refractivity contribution in [1.29, 1.82) is 0 Å². The second-order valence-electron chi connectivity index (χ2n) is 2.87. The van der Waals surface area contributed by atoms with Crippen molar-refractivity contribution in [3.05, 3.63) is 23.5 Å². The molecule has 1 aromatic heterocycles. The maximum absolute atomic E-state index is 10.6. The summed E-state index contributed by atoms with van der Waals surface area (Å²) in [6, 6.07) is 3.92. The molecule has 0 unspecified atom stereocenters. The van der Waals surface area contributed by atoms with Crippen molar-refractivity contribution >= 4 is 6.29 Å². The van der Waals surface area contributed by atoms with Crippen molar-refractivity contribution in [3.8, 4) is 0 Å². The summed E-state index contributed by atoms with van der Waals surface area (Å²) in [4.78, 5) is 10.6. The second kappa shape index (κ2) is 4.10. The maximum atomic E-state index is 10.6. The van der Waals surface area contributed by atoms with Crippen molar-refractivity contribution in [1.82, 2.24) is 4.57 Å². The third-order valence-electron chi connectivity index (χ3n) is 2.04. The topological polar surface area (TPSA) is 22.0 Å². The molecule has 2 nitrogen and oxygen atoms in total. The summed E-state index contributed by atoms with van der Waals surface area (Å²) in [5, 5.41) is 0. The molecule has 0 saturated carbocycles. The van der Waals surface area contributed by atoms with Crippen molar-refractivity contribution in [2.24, 2.45) is 0 Å². The molecule has 0 spiro atoms. The summed E-state index contributed by atoms with van der Waals surface area (Å²) >= 11 is 0. The fraction of sp³-hybridized carbons (Fsp3) is 0.500. The van der Waals surface area contributed by atoms with Gasteiger partial charge in [-0.2, -0.15) is 0 Å². The van der Waals surface area contributed by atoms with E-state index in [-0.39, 0.29) is 0 Å². The molecule has 0 saturated heterocycles. The van der Waals surface area contributed by atoms with E-state index >= 15 is 0 Å². The van der Waals surface area contributed by atoms with E-state index in [1.807, 2.05) is 12.1 Å². The van der Waals surface area contributed by atoms with Crippen LogP contribution >= 0.6 is 0 Å². The van der Waals surface area contributed by atoms with E-state index in [1.54, 1.807) is 0 Å². The molecule has 0 aliphatic rings. The highest BCUT2D eigenvalue weighted by molar-refractivity contribution is 5.72. The Bertz CT molecular complexity index is 263. The van der Waals surface area contributed by atoms with Gasteiger partial charge in [0, 0.05) is 12.2 Å². The molecular formula is C10H15NO.